The molecular weight excluding hydrogens is 365 g/mol. The summed E-state index contributed by atoms with van der Waals surface area (Å²) in [6.45, 7) is 1.75. The summed E-state index contributed by atoms with van der Waals surface area (Å²) >= 11 is 11.9. The van der Waals surface area contributed by atoms with E-state index >= 15 is 0 Å². The van der Waals surface area contributed by atoms with Crippen molar-refractivity contribution in [2.24, 2.45) is 0 Å². The zero-order valence-electron chi connectivity index (χ0n) is 13.4. The highest BCUT2D eigenvalue weighted by molar-refractivity contribution is 6.35. The van der Waals surface area contributed by atoms with Crippen molar-refractivity contribution in [3.63, 3.8) is 0 Å². The number of hydrogen-bond acceptors (Lipinski definition) is 5. The van der Waals surface area contributed by atoms with Gasteiger partial charge in [-0.2, -0.15) is 0 Å². The highest BCUT2D eigenvalue weighted by Gasteiger charge is 2.34. The van der Waals surface area contributed by atoms with Gasteiger partial charge in [0.1, 0.15) is 6.10 Å². The molecule has 2 rings (SSSR count). The van der Waals surface area contributed by atoms with Crippen LogP contribution in [0.4, 0.5) is 5.69 Å². The highest BCUT2D eigenvalue weighted by Crippen LogP contribution is 2.24. The minimum absolute atomic E-state index is 0.111. The largest absolute Gasteiger partial charge is 0.464 e. The molecule has 0 aliphatic heterocycles. The first-order valence-electron chi connectivity index (χ1n) is 7.59. The van der Waals surface area contributed by atoms with Crippen molar-refractivity contribution in [1.29, 1.82) is 0 Å². The Morgan fingerprint density at radius 3 is 2.28 bits per heavy atom. The number of carbonyl (C=O) groups excluding carboxylic acids is 2. The molecule has 0 fully saturated rings. The molecule has 0 aliphatic carbocycles. The summed E-state index contributed by atoms with van der Waals surface area (Å²) < 4.78 is 4.96. The number of ether oxygens (including phenoxy) is 1. The topological polar surface area (TPSA) is 75.6 Å². The van der Waals surface area contributed by atoms with Gasteiger partial charge in [0.25, 0.3) is 0 Å². The molecule has 0 bridgehead atoms. The second-order valence-corrected chi connectivity index (χ2v) is 6.08. The van der Waals surface area contributed by atoms with Crippen molar-refractivity contribution in [1.82, 2.24) is 0 Å². The van der Waals surface area contributed by atoms with E-state index < -0.39 is 23.9 Å². The maximum atomic E-state index is 12.5. The number of hydrogen-bond donors (Lipinski definition) is 2. The van der Waals surface area contributed by atoms with Crippen molar-refractivity contribution in [3.8, 4) is 0 Å². The Bertz CT molecular complexity index is 732. The van der Waals surface area contributed by atoms with Gasteiger partial charge in [-0.25, -0.2) is 4.79 Å². The van der Waals surface area contributed by atoms with Crippen LogP contribution in [0.1, 0.15) is 17.3 Å². The molecule has 2 aromatic carbocycles. The Labute approximate surface area is 155 Å². The fraction of sp³-hybridized carbons (Fsp3) is 0.222. The number of nitrogens with one attached hydrogen (secondary N) is 1. The third kappa shape index (κ3) is 5.19. The lowest BCUT2D eigenvalue weighted by Gasteiger charge is -2.23. The Hall–Kier alpha value is -2.08. The molecule has 7 heteroatoms. The maximum absolute atomic E-state index is 12.5. The summed E-state index contributed by atoms with van der Waals surface area (Å²) in [4.78, 5) is 24.7. The van der Waals surface area contributed by atoms with E-state index in [9.17, 15) is 14.7 Å². The van der Waals surface area contributed by atoms with E-state index in [1.54, 1.807) is 37.3 Å². The lowest BCUT2D eigenvalue weighted by atomic mass is 10.00. The number of benzene rings is 2. The fourth-order valence-corrected chi connectivity index (χ4v) is 2.77. The molecule has 25 heavy (non-hydrogen) atoms. The fourth-order valence-electron chi connectivity index (χ4n) is 2.24. The van der Waals surface area contributed by atoms with Crippen LogP contribution in [0.2, 0.25) is 10.0 Å². The van der Waals surface area contributed by atoms with E-state index in [1.165, 1.54) is 18.2 Å². The number of halogens is 2. The van der Waals surface area contributed by atoms with Crippen LogP contribution in [0.25, 0.3) is 0 Å². The van der Waals surface area contributed by atoms with Gasteiger partial charge in [0.15, 0.2) is 11.8 Å². The van der Waals surface area contributed by atoms with Gasteiger partial charge in [0.05, 0.1) is 6.61 Å². The quantitative estimate of drug-likeness (QED) is 0.566. The monoisotopic (exact) mass is 381 g/mol. The van der Waals surface area contributed by atoms with E-state index in [1.807, 2.05) is 0 Å². The van der Waals surface area contributed by atoms with E-state index in [0.717, 1.165) is 0 Å². The minimum Gasteiger partial charge on any atom is -0.464 e. The van der Waals surface area contributed by atoms with E-state index in [2.05, 4.69) is 5.32 Å². The van der Waals surface area contributed by atoms with Crippen molar-refractivity contribution in [2.45, 2.75) is 19.1 Å². The number of anilines is 1. The third-order valence-electron chi connectivity index (χ3n) is 3.37. The maximum Gasteiger partial charge on any atom is 0.331 e. The van der Waals surface area contributed by atoms with Gasteiger partial charge in [-0.15, -0.1) is 0 Å². The van der Waals surface area contributed by atoms with E-state index in [4.69, 9.17) is 27.9 Å². The van der Waals surface area contributed by atoms with Gasteiger partial charge in [0, 0.05) is 21.3 Å². The van der Waals surface area contributed by atoms with Gasteiger partial charge >= 0.3 is 5.97 Å². The van der Waals surface area contributed by atoms with Crippen molar-refractivity contribution in [3.05, 3.63) is 64.1 Å². The average Bonchev–Trinajstić information content (AvgIpc) is 2.58. The molecule has 0 saturated carbocycles. The molecular formula is C18H17Cl2NO4. The van der Waals surface area contributed by atoms with Crippen molar-refractivity contribution >= 4 is 40.6 Å². The molecule has 0 radical (unpaired) electrons. The molecule has 2 N–H and O–H groups in total. The predicted molar refractivity (Wildman–Crippen MR) is 97.3 cm³/mol. The summed E-state index contributed by atoms with van der Waals surface area (Å²) in [5, 5.41) is 13.9. The standard InChI is InChI=1S/C18H17Cl2NO4/c1-2-25-18(24)15(21-14-9-12(19)8-13(20)10-14)17(23)16(22)11-6-4-3-5-7-11/h3-10,15,17,21,23H,2H2,1H3. The molecule has 2 unspecified atom stereocenters. The number of aliphatic hydroxyl groups excluding tert-OH is 1. The molecule has 132 valence electrons. The van der Waals surface area contributed by atoms with Crippen LogP contribution in [0.5, 0.6) is 0 Å². The van der Waals surface area contributed by atoms with E-state index in [0.29, 0.717) is 15.7 Å². The summed E-state index contributed by atoms with van der Waals surface area (Å²) in [7, 11) is 0. The second kappa shape index (κ2) is 8.85. The highest BCUT2D eigenvalue weighted by atomic mass is 35.5. The normalized spacial score (nSPS) is 13.0. The van der Waals surface area contributed by atoms with Crippen LogP contribution in [0, 0.1) is 0 Å². The number of esters is 1. The minimum atomic E-state index is -1.64. The Kier molecular flexibility index (Phi) is 6.82. The molecule has 0 aliphatic rings. The molecule has 0 aromatic heterocycles. The molecule has 0 spiro atoms. The zero-order valence-corrected chi connectivity index (χ0v) is 14.9. The Morgan fingerprint density at radius 1 is 1.12 bits per heavy atom. The molecule has 0 saturated heterocycles. The van der Waals surface area contributed by atoms with E-state index in [-0.39, 0.29) is 12.2 Å². The van der Waals surface area contributed by atoms with Gasteiger partial charge in [0.2, 0.25) is 0 Å². The zero-order chi connectivity index (χ0) is 18.4. The smallest absolute Gasteiger partial charge is 0.331 e. The van der Waals surface area contributed by atoms with Crippen LogP contribution in [0.15, 0.2) is 48.5 Å². The Morgan fingerprint density at radius 2 is 1.72 bits per heavy atom. The van der Waals surface area contributed by atoms with Crippen LogP contribution in [-0.2, 0) is 9.53 Å². The number of aliphatic hydroxyl groups is 1. The first kappa shape index (κ1) is 19.2. The lowest BCUT2D eigenvalue weighted by Crippen LogP contribution is -2.46. The molecule has 5 nitrogen and oxygen atoms in total. The number of rotatable bonds is 7. The first-order chi connectivity index (χ1) is 11.9. The molecule has 0 amide bonds. The molecule has 0 heterocycles. The summed E-state index contributed by atoms with van der Waals surface area (Å²) in [5.74, 6) is -1.35. The van der Waals surface area contributed by atoms with Crippen LogP contribution < -0.4 is 5.32 Å². The first-order valence-corrected chi connectivity index (χ1v) is 8.34. The third-order valence-corrected chi connectivity index (χ3v) is 3.80. The van der Waals surface area contributed by atoms with Crippen LogP contribution >= 0.6 is 23.2 Å². The van der Waals surface area contributed by atoms with Gasteiger partial charge in [-0.05, 0) is 25.1 Å². The van der Waals surface area contributed by atoms with Crippen LogP contribution in [0.3, 0.4) is 0 Å². The summed E-state index contributed by atoms with van der Waals surface area (Å²) in [5.41, 5.74) is 0.672. The lowest BCUT2D eigenvalue weighted by molar-refractivity contribution is -0.145. The van der Waals surface area contributed by atoms with Crippen molar-refractivity contribution < 1.29 is 19.4 Å². The molecule has 2 aromatic rings. The predicted octanol–water partition coefficient (Wildman–Crippen LogP) is 3.58. The van der Waals surface area contributed by atoms with Crippen LogP contribution in [-0.4, -0.2) is 35.6 Å². The average molecular weight is 382 g/mol. The number of Topliss-reactive ketones (excluding diaryl/α,β-unsaturated/α-hetero) is 1. The van der Waals surface area contributed by atoms with Crippen molar-refractivity contribution in [2.75, 3.05) is 11.9 Å². The summed E-state index contributed by atoms with van der Waals surface area (Å²) in [6.07, 6.45) is -1.64. The summed E-state index contributed by atoms with van der Waals surface area (Å²) in [6, 6.07) is 11.5. The molecule has 2 atom stereocenters. The number of carbonyl (C=O) groups is 2. The van der Waals surface area contributed by atoms with Gasteiger partial charge in [-0.3, -0.25) is 4.79 Å². The SMILES string of the molecule is CCOC(=O)C(Nc1cc(Cl)cc(Cl)c1)C(O)C(=O)c1ccccc1. The van der Waals surface area contributed by atoms with Gasteiger partial charge in [-0.1, -0.05) is 53.5 Å². The number of ketones is 1. The second-order valence-electron chi connectivity index (χ2n) is 5.21. The van der Waals surface area contributed by atoms with Gasteiger partial charge < -0.3 is 15.2 Å². The Balaban J connectivity index is 2.28.